The summed E-state index contributed by atoms with van der Waals surface area (Å²) in [5, 5.41) is 13.9. The van der Waals surface area contributed by atoms with Gasteiger partial charge in [0.1, 0.15) is 13.2 Å². The predicted molar refractivity (Wildman–Crippen MR) is 334 cm³/mol. The van der Waals surface area contributed by atoms with E-state index in [9.17, 15) is 19.4 Å². The summed E-state index contributed by atoms with van der Waals surface area (Å²) in [7, 11) is 1.27. The molecule has 0 aliphatic heterocycles. The van der Waals surface area contributed by atoms with Gasteiger partial charge in [0.05, 0.1) is 39.9 Å². The molecule has 77 heavy (non-hydrogen) atoms. The standard InChI is InChI=1S/C68H129N2O6P/c1-6-8-10-12-14-16-18-20-22-24-26-28-29-30-31-32-33-34-35-36-37-38-39-40-41-42-44-46-48-50-52-54-56-58-60-62-68(72)69-66(65-76-77(73,74)75-64-63-70(3,4)5)67(71)61-59-57-55-53-51-49-47-45-43-27-25-23-21-19-17-15-13-11-9-7-2/h8,10,14,16,20,22,26,28,59,61,66-67,71H,6-7,9,11-13,15,17-19,21,23-25,27,29-58,60,62-65H2,1-5H3,(H-,69,72,73,74)/b10-8-,16-14-,22-20-,28-26-,61-59+. The summed E-state index contributed by atoms with van der Waals surface area (Å²) in [4.78, 5) is 25.6. The van der Waals surface area contributed by atoms with Crippen molar-refractivity contribution in [3.05, 3.63) is 60.8 Å². The molecule has 0 spiro atoms. The van der Waals surface area contributed by atoms with Crippen LogP contribution in [0, 0.1) is 0 Å². The molecule has 2 N–H and O–H groups in total. The minimum atomic E-state index is -4.60. The van der Waals surface area contributed by atoms with Crippen molar-refractivity contribution in [2.24, 2.45) is 0 Å². The summed E-state index contributed by atoms with van der Waals surface area (Å²) in [6, 6.07) is -0.887. The third kappa shape index (κ3) is 61.7. The van der Waals surface area contributed by atoms with E-state index in [2.05, 4.69) is 67.8 Å². The van der Waals surface area contributed by atoms with Gasteiger partial charge in [0.25, 0.3) is 7.82 Å². The van der Waals surface area contributed by atoms with Gasteiger partial charge in [-0.1, -0.05) is 312 Å². The molecular weight excluding hydrogens is 972 g/mol. The van der Waals surface area contributed by atoms with Crippen LogP contribution < -0.4 is 10.2 Å². The zero-order valence-electron chi connectivity index (χ0n) is 51.7. The van der Waals surface area contributed by atoms with Gasteiger partial charge in [-0.3, -0.25) is 9.36 Å². The molecule has 0 aliphatic rings. The summed E-state index contributed by atoms with van der Waals surface area (Å²) in [6.45, 7) is 4.58. The Morgan fingerprint density at radius 2 is 0.792 bits per heavy atom. The molecule has 0 aromatic carbocycles. The normalized spacial score (nSPS) is 14.1. The molecule has 9 heteroatoms. The van der Waals surface area contributed by atoms with Crippen LogP contribution in [0.25, 0.3) is 0 Å². The van der Waals surface area contributed by atoms with Crippen molar-refractivity contribution >= 4 is 13.7 Å². The van der Waals surface area contributed by atoms with Gasteiger partial charge >= 0.3 is 0 Å². The minimum absolute atomic E-state index is 0.0000508. The first kappa shape index (κ1) is 75.2. The number of carbonyl (C=O) groups excluding carboxylic acids is 1. The van der Waals surface area contributed by atoms with Gasteiger partial charge in [0, 0.05) is 6.42 Å². The molecule has 0 radical (unpaired) electrons. The van der Waals surface area contributed by atoms with Crippen LogP contribution >= 0.6 is 7.82 Å². The number of carbonyl (C=O) groups is 1. The van der Waals surface area contributed by atoms with E-state index in [0.717, 1.165) is 64.2 Å². The highest BCUT2D eigenvalue weighted by Crippen LogP contribution is 2.38. The predicted octanol–water partition coefficient (Wildman–Crippen LogP) is 20.2. The van der Waals surface area contributed by atoms with Crippen molar-refractivity contribution in [2.75, 3.05) is 40.9 Å². The summed E-state index contributed by atoms with van der Waals surface area (Å²) in [6.07, 6.45) is 80.4. The van der Waals surface area contributed by atoms with Crippen molar-refractivity contribution in [1.82, 2.24) is 5.32 Å². The molecule has 3 unspecified atom stereocenters. The summed E-state index contributed by atoms with van der Waals surface area (Å²) >= 11 is 0. The number of hydrogen-bond donors (Lipinski definition) is 2. The number of nitrogens with zero attached hydrogens (tertiary/aromatic N) is 1. The van der Waals surface area contributed by atoms with E-state index in [-0.39, 0.29) is 19.1 Å². The number of quaternary nitrogens is 1. The Labute approximate surface area is 479 Å². The van der Waals surface area contributed by atoms with Crippen molar-refractivity contribution in [2.45, 2.75) is 328 Å². The first-order valence-corrected chi connectivity index (χ1v) is 34.6. The van der Waals surface area contributed by atoms with Gasteiger partial charge in [-0.05, 0) is 57.8 Å². The summed E-state index contributed by atoms with van der Waals surface area (Å²) in [5.74, 6) is -0.192. The van der Waals surface area contributed by atoms with Crippen molar-refractivity contribution < 1.29 is 32.9 Å². The molecule has 0 saturated carbocycles. The fourth-order valence-electron chi connectivity index (χ4n) is 9.85. The molecule has 0 aliphatic carbocycles. The van der Waals surface area contributed by atoms with Gasteiger partial charge in [0.15, 0.2) is 0 Å². The minimum Gasteiger partial charge on any atom is -0.756 e. The highest BCUT2D eigenvalue weighted by atomic mass is 31.2. The fraction of sp³-hybridized carbons (Fsp3) is 0.838. The molecule has 0 bridgehead atoms. The number of phosphoric ester groups is 1. The maximum absolute atomic E-state index is 13.0. The largest absolute Gasteiger partial charge is 0.756 e. The number of hydrogen-bond acceptors (Lipinski definition) is 6. The monoisotopic (exact) mass is 1100 g/mol. The molecule has 0 aromatic rings. The van der Waals surface area contributed by atoms with Crippen LogP contribution in [-0.2, 0) is 18.4 Å². The lowest BCUT2D eigenvalue weighted by atomic mass is 10.0. The first-order valence-electron chi connectivity index (χ1n) is 33.2. The summed E-state index contributed by atoms with van der Waals surface area (Å²) < 4.78 is 23.4. The molecule has 0 saturated heterocycles. The van der Waals surface area contributed by atoms with E-state index < -0.39 is 20.0 Å². The number of likely N-dealkylation sites (N-methyl/N-ethyl adjacent to an activating group) is 1. The van der Waals surface area contributed by atoms with Gasteiger partial charge in [-0.15, -0.1) is 0 Å². The topological polar surface area (TPSA) is 108 Å². The van der Waals surface area contributed by atoms with Crippen LogP contribution in [0.2, 0.25) is 0 Å². The second kappa shape index (κ2) is 58.8. The number of phosphoric acid groups is 1. The quantitative estimate of drug-likeness (QED) is 0.0272. The molecule has 0 heterocycles. The Morgan fingerprint density at radius 3 is 1.16 bits per heavy atom. The van der Waals surface area contributed by atoms with Crippen molar-refractivity contribution in [3.63, 3.8) is 0 Å². The number of amides is 1. The van der Waals surface area contributed by atoms with E-state index in [1.807, 2.05) is 27.2 Å². The van der Waals surface area contributed by atoms with Crippen LogP contribution in [0.4, 0.5) is 0 Å². The van der Waals surface area contributed by atoms with Gasteiger partial charge < -0.3 is 28.8 Å². The average Bonchev–Trinajstić information content (AvgIpc) is 3.39. The zero-order valence-corrected chi connectivity index (χ0v) is 52.6. The smallest absolute Gasteiger partial charge is 0.268 e. The van der Waals surface area contributed by atoms with E-state index in [1.54, 1.807) is 6.08 Å². The number of rotatable bonds is 61. The number of allylic oxidation sites excluding steroid dienone is 9. The Hall–Kier alpha value is -1.80. The number of unbranched alkanes of at least 4 members (excludes halogenated alkanes) is 40. The number of aliphatic hydroxyl groups is 1. The SMILES string of the molecule is CC/C=C\C/C=C\C/C=C\C/C=C\CCCCCCCCCCCCCCCCCCCCCCCCC(=O)NC(COP(=O)([O-])OCC[N+](C)(C)C)C(O)/C=C/CCCCCCCCCCCCCCCCCCCC. The van der Waals surface area contributed by atoms with Crippen LogP contribution in [0.5, 0.6) is 0 Å². The molecule has 3 atom stereocenters. The van der Waals surface area contributed by atoms with Gasteiger partial charge in [-0.2, -0.15) is 0 Å². The first-order chi connectivity index (χ1) is 37.5. The lowest BCUT2D eigenvalue weighted by molar-refractivity contribution is -0.870. The second-order valence-corrected chi connectivity index (χ2v) is 25.2. The second-order valence-electron chi connectivity index (χ2n) is 23.8. The van der Waals surface area contributed by atoms with E-state index in [0.29, 0.717) is 17.4 Å². The number of nitrogens with one attached hydrogen (secondary N) is 1. The van der Waals surface area contributed by atoms with E-state index in [1.165, 1.54) is 231 Å². The highest BCUT2D eigenvalue weighted by Gasteiger charge is 2.23. The maximum Gasteiger partial charge on any atom is 0.268 e. The molecule has 8 nitrogen and oxygen atoms in total. The molecular formula is C68H129N2O6P. The van der Waals surface area contributed by atoms with E-state index in [4.69, 9.17) is 9.05 Å². The van der Waals surface area contributed by atoms with Crippen LogP contribution in [0.15, 0.2) is 60.8 Å². The Balaban J connectivity index is 4.01. The third-order valence-corrected chi connectivity index (χ3v) is 15.9. The number of aliphatic hydroxyl groups excluding tert-OH is 1. The molecule has 0 rings (SSSR count). The Morgan fingerprint density at radius 1 is 0.468 bits per heavy atom. The average molecular weight is 1100 g/mol. The van der Waals surface area contributed by atoms with Crippen LogP contribution in [0.3, 0.4) is 0 Å². The van der Waals surface area contributed by atoms with Gasteiger partial charge in [-0.25, -0.2) is 0 Å². The Bertz CT molecular complexity index is 1440. The third-order valence-electron chi connectivity index (χ3n) is 15.0. The molecule has 0 fully saturated rings. The van der Waals surface area contributed by atoms with E-state index >= 15 is 0 Å². The lowest BCUT2D eigenvalue weighted by Gasteiger charge is -2.29. The molecule has 1 amide bonds. The van der Waals surface area contributed by atoms with Crippen molar-refractivity contribution in [3.8, 4) is 0 Å². The molecule has 452 valence electrons. The van der Waals surface area contributed by atoms with Crippen LogP contribution in [-0.4, -0.2) is 68.5 Å². The van der Waals surface area contributed by atoms with Crippen LogP contribution in [0.1, 0.15) is 316 Å². The highest BCUT2D eigenvalue weighted by molar-refractivity contribution is 7.45. The fourth-order valence-corrected chi connectivity index (χ4v) is 10.6. The summed E-state index contributed by atoms with van der Waals surface area (Å²) in [5.41, 5.74) is 0. The van der Waals surface area contributed by atoms with Crippen molar-refractivity contribution in [1.29, 1.82) is 0 Å². The maximum atomic E-state index is 13.0. The zero-order chi connectivity index (χ0) is 56.3. The Kier molecular flexibility index (Phi) is 57.5. The van der Waals surface area contributed by atoms with Gasteiger partial charge in [0.2, 0.25) is 5.91 Å². The lowest BCUT2D eigenvalue weighted by Crippen LogP contribution is -2.45. The molecule has 0 aromatic heterocycles.